The Morgan fingerprint density at radius 2 is 1.86 bits per heavy atom. The zero-order valence-corrected chi connectivity index (χ0v) is 22.0. The topological polar surface area (TPSA) is 95.3 Å². The fraction of sp³-hybridized carbons (Fsp3) is 0.231. The lowest BCUT2D eigenvalue weighted by Gasteiger charge is -2.08. The van der Waals surface area contributed by atoms with E-state index in [4.69, 9.17) is 9.47 Å². The summed E-state index contributed by atoms with van der Waals surface area (Å²) in [6.45, 7) is 4.26. The summed E-state index contributed by atoms with van der Waals surface area (Å²) in [6, 6.07) is 15.6. The van der Waals surface area contributed by atoms with Crippen LogP contribution in [0.2, 0.25) is 0 Å². The highest BCUT2D eigenvalue weighted by atomic mass is 32.2. The molecule has 0 saturated heterocycles. The predicted octanol–water partition coefficient (Wildman–Crippen LogP) is 5.26. The van der Waals surface area contributed by atoms with Crippen molar-refractivity contribution in [3.05, 3.63) is 76.4 Å². The van der Waals surface area contributed by atoms with Gasteiger partial charge in [-0.05, 0) is 37.1 Å². The number of aromatic nitrogens is 3. The van der Waals surface area contributed by atoms with Crippen LogP contribution in [0.4, 0.5) is 5.00 Å². The maximum absolute atomic E-state index is 12.7. The molecular formula is C26H26N4O4S2. The van der Waals surface area contributed by atoms with Crippen molar-refractivity contribution in [1.29, 1.82) is 0 Å². The molecule has 2 aromatic carbocycles. The molecule has 0 bridgehead atoms. The zero-order chi connectivity index (χ0) is 25.7. The second-order valence-corrected chi connectivity index (χ2v) is 9.93. The van der Waals surface area contributed by atoms with Gasteiger partial charge in [0.1, 0.15) is 22.9 Å². The molecule has 186 valence electrons. The van der Waals surface area contributed by atoms with E-state index in [2.05, 4.69) is 15.5 Å². The van der Waals surface area contributed by atoms with E-state index < -0.39 is 5.97 Å². The molecule has 36 heavy (non-hydrogen) atoms. The monoisotopic (exact) mass is 522 g/mol. The van der Waals surface area contributed by atoms with Crippen molar-refractivity contribution in [3.63, 3.8) is 0 Å². The van der Waals surface area contributed by atoms with Gasteiger partial charge in [0.15, 0.2) is 11.0 Å². The standard InChI is InChI=1S/C26H26N4O4S2/c1-16-8-10-18(11-9-16)20-14-35-24(23(20)25(32)33-4)27-22(31)15-36-26-29-28-21(30(26)3)13-34-19-7-5-6-17(2)12-19/h5-12,14H,13,15H2,1-4H3,(H,27,31). The van der Waals surface area contributed by atoms with Gasteiger partial charge in [-0.2, -0.15) is 0 Å². The zero-order valence-electron chi connectivity index (χ0n) is 20.4. The summed E-state index contributed by atoms with van der Waals surface area (Å²) >= 11 is 2.54. The number of hydrogen-bond acceptors (Lipinski definition) is 8. The van der Waals surface area contributed by atoms with E-state index in [1.165, 1.54) is 30.2 Å². The van der Waals surface area contributed by atoms with Gasteiger partial charge >= 0.3 is 5.97 Å². The second-order valence-electron chi connectivity index (χ2n) is 8.11. The Bertz CT molecular complexity index is 1380. The van der Waals surface area contributed by atoms with Gasteiger partial charge in [0.2, 0.25) is 5.91 Å². The highest BCUT2D eigenvalue weighted by Crippen LogP contribution is 2.36. The number of esters is 1. The van der Waals surface area contributed by atoms with Crippen LogP contribution in [-0.2, 0) is 23.2 Å². The molecule has 4 aromatic rings. The summed E-state index contributed by atoms with van der Waals surface area (Å²) < 4.78 is 12.6. The number of anilines is 1. The Kier molecular flexibility index (Phi) is 8.07. The van der Waals surface area contributed by atoms with Crippen molar-refractivity contribution in [2.24, 2.45) is 7.05 Å². The number of thioether (sulfide) groups is 1. The van der Waals surface area contributed by atoms with Gasteiger partial charge in [0.25, 0.3) is 0 Å². The van der Waals surface area contributed by atoms with Crippen LogP contribution in [0.1, 0.15) is 27.3 Å². The van der Waals surface area contributed by atoms with Gasteiger partial charge in [0, 0.05) is 18.0 Å². The molecule has 0 unspecified atom stereocenters. The molecule has 2 aromatic heterocycles. The van der Waals surface area contributed by atoms with E-state index in [-0.39, 0.29) is 18.3 Å². The third-order valence-electron chi connectivity index (χ3n) is 5.41. The molecule has 0 aliphatic rings. The maximum atomic E-state index is 12.7. The number of benzene rings is 2. The van der Waals surface area contributed by atoms with Crippen molar-refractivity contribution < 1.29 is 19.1 Å². The summed E-state index contributed by atoms with van der Waals surface area (Å²) in [4.78, 5) is 25.3. The quantitative estimate of drug-likeness (QED) is 0.237. The number of carbonyl (C=O) groups is 2. The summed E-state index contributed by atoms with van der Waals surface area (Å²) in [5, 5.41) is 14.1. The number of ether oxygens (including phenoxy) is 2. The van der Waals surface area contributed by atoms with Gasteiger partial charge in [0.05, 0.1) is 12.9 Å². The molecule has 1 amide bonds. The molecule has 4 rings (SSSR count). The van der Waals surface area contributed by atoms with Crippen molar-refractivity contribution in [3.8, 4) is 16.9 Å². The summed E-state index contributed by atoms with van der Waals surface area (Å²) in [6.07, 6.45) is 0. The largest absolute Gasteiger partial charge is 0.486 e. The van der Waals surface area contributed by atoms with Crippen molar-refractivity contribution in [2.45, 2.75) is 25.6 Å². The molecule has 0 atom stereocenters. The average molecular weight is 523 g/mol. The highest BCUT2D eigenvalue weighted by Gasteiger charge is 2.22. The normalized spacial score (nSPS) is 10.8. The number of nitrogens with one attached hydrogen (secondary N) is 1. The highest BCUT2D eigenvalue weighted by molar-refractivity contribution is 7.99. The molecular weight excluding hydrogens is 496 g/mol. The number of thiophene rings is 1. The van der Waals surface area contributed by atoms with Crippen LogP contribution in [0.15, 0.2) is 59.1 Å². The summed E-state index contributed by atoms with van der Waals surface area (Å²) in [7, 11) is 3.16. The number of methoxy groups -OCH3 is 1. The molecule has 0 radical (unpaired) electrons. The lowest BCUT2D eigenvalue weighted by atomic mass is 10.0. The third-order valence-corrected chi connectivity index (χ3v) is 7.33. The van der Waals surface area contributed by atoms with Crippen molar-refractivity contribution in [1.82, 2.24) is 14.8 Å². The van der Waals surface area contributed by atoms with Gasteiger partial charge in [-0.25, -0.2) is 4.79 Å². The fourth-order valence-corrected chi connectivity index (χ4v) is 5.15. The Balaban J connectivity index is 1.40. The number of amides is 1. The molecule has 0 aliphatic heterocycles. The van der Waals surface area contributed by atoms with Gasteiger partial charge < -0.3 is 19.4 Å². The Morgan fingerprint density at radius 1 is 1.08 bits per heavy atom. The first-order chi connectivity index (χ1) is 17.4. The summed E-state index contributed by atoms with van der Waals surface area (Å²) in [5.41, 5.74) is 4.18. The number of aryl methyl sites for hydroxylation is 2. The molecule has 1 N–H and O–H groups in total. The molecule has 0 saturated carbocycles. The molecule has 0 spiro atoms. The fourth-order valence-electron chi connectivity index (χ4n) is 3.44. The first-order valence-electron chi connectivity index (χ1n) is 11.1. The summed E-state index contributed by atoms with van der Waals surface area (Å²) in [5.74, 6) is 0.745. The van der Waals surface area contributed by atoms with E-state index in [0.29, 0.717) is 21.5 Å². The van der Waals surface area contributed by atoms with Crippen LogP contribution in [0.5, 0.6) is 5.75 Å². The number of carbonyl (C=O) groups excluding carboxylic acids is 2. The van der Waals surface area contributed by atoms with Crippen LogP contribution < -0.4 is 10.1 Å². The van der Waals surface area contributed by atoms with Crippen LogP contribution in [0.25, 0.3) is 11.1 Å². The number of hydrogen-bond donors (Lipinski definition) is 1. The van der Waals surface area contributed by atoms with Crippen LogP contribution >= 0.6 is 23.1 Å². The smallest absolute Gasteiger partial charge is 0.341 e. The van der Waals surface area contributed by atoms with E-state index in [0.717, 1.165) is 28.0 Å². The maximum Gasteiger partial charge on any atom is 0.341 e. The molecule has 0 aliphatic carbocycles. The average Bonchev–Trinajstić information content (AvgIpc) is 3.44. The van der Waals surface area contributed by atoms with Crippen molar-refractivity contribution in [2.75, 3.05) is 18.2 Å². The number of nitrogens with zero attached hydrogens (tertiary/aromatic N) is 3. The first kappa shape index (κ1) is 25.5. The minimum absolute atomic E-state index is 0.100. The van der Waals surface area contributed by atoms with E-state index in [9.17, 15) is 9.59 Å². The molecule has 2 heterocycles. The SMILES string of the molecule is COC(=O)c1c(-c2ccc(C)cc2)csc1NC(=O)CSc1nnc(COc2cccc(C)c2)n1C. The van der Waals surface area contributed by atoms with Gasteiger partial charge in [-0.1, -0.05) is 53.7 Å². The van der Waals surface area contributed by atoms with Crippen LogP contribution in [0, 0.1) is 13.8 Å². The Labute approximate surface area is 217 Å². The lowest BCUT2D eigenvalue weighted by molar-refractivity contribution is -0.113. The molecule has 10 heteroatoms. The van der Waals surface area contributed by atoms with E-state index in [1.807, 2.05) is 74.8 Å². The number of rotatable bonds is 9. The van der Waals surface area contributed by atoms with Crippen LogP contribution in [0.3, 0.4) is 0 Å². The third kappa shape index (κ3) is 5.95. The lowest BCUT2D eigenvalue weighted by Crippen LogP contribution is -2.16. The van der Waals surface area contributed by atoms with Crippen LogP contribution in [-0.4, -0.2) is 39.5 Å². The minimum Gasteiger partial charge on any atom is -0.486 e. The van der Waals surface area contributed by atoms with E-state index >= 15 is 0 Å². The molecule has 0 fully saturated rings. The Morgan fingerprint density at radius 3 is 2.58 bits per heavy atom. The van der Waals surface area contributed by atoms with Gasteiger partial charge in [-0.15, -0.1) is 21.5 Å². The first-order valence-corrected chi connectivity index (χ1v) is 13.0. The Hall–Kier alpha value is -3.63. The van der Waals surface area contributed by atoms with E-state index in [1.54, 1.807) is 4.57 Å². The van der Waals surface area contributed by atoms with Gasteiger partial charge in [-0.3, -0.25) is 4.79 Å². The second kappa shape index (κ2) is 11.4. The minimum atomic E-state index is -0.499. The predicted molar refractivity (Wildman–Crippen MR) is 142 cm³/mol. The van der Waals surface area contributed by atoms with Crippen molar-refractivity contribution >= 4 is 40.0 Å². The molecule has 8 nitrogen and oxygen atoms in total.